The minimum atomic E-state index is 0.351. The molecule has 0 amide bonds. The zero-order chi connectivity index (χ0) is 11.3. The molecule has 3 atom stereocenters. The van der Waals surface area contributed by atoms with Crippen molar-refractivity contribution in [2.45, 2.75) is 52.6 Å². The molecule has 86 valence electrons. The third kappa shape index (κ3) is 3.38. The van der Waals surface area contributed by atoms with Gasteiger partial charge in [-0.3, -0.25) is 0 Å². The van der Waals surface area contributed by atoms with E-state index in [0.717, 1.165) is 12.2 Å². The summed E-state index contributed by atoms with van der Waals surface area (Å²) in [5.74, 6) is 1.75. The Balaban J connectivity index is 2.54. The highest BCUT2D eigenvalue weighted by Crippen LogP contribution is 2.19. The van der Waals surface area contributed by atoms with Crippen molar-refractivity contribution in [3.05, 3.63) is 24.2 Å². The Morgan fingerprint density at radius 1 is 1.27 bits per heavy atom. The van der Waals surface area contributed by atoms with Crippen molar-refractivity contribution in [3.8, 4) is 0 Å². The average Bonchev–Trinajstić information content (AvgIpc) is 2.77. The Hall–Kier alpha value is -0.760. The SMILES string of the molecule is CCC(NC(C)C(C)CC)c1ccco1. The first-order valence-corrected chi connectivity index (χ1v) is 5.98. The number of nitrogens with one attached hydrogen (secondary N) is 1. The van der Waals surface area contributed by atoms with Crippen LogP contribution in [0.4, 0.5) is 0 Å². The van der Waals surface area contributed by atoms with Gasteiger partial charge in [0.2, 0.25) is 0 Å². The molecule has 0 saturated heterocycles. The third-order valence-corrected chi connectivity index (χ3v) is 3.26. The predicted molar refractivity (Wildman–Crippen MR) is 63.8 cm³/mol. The molecule has 0 spiro atoms. The van der Waals surface area contributed by atoms with E-state index in [1.807, 2.05) is 12.1 Å². The second kappa shape index (κ2) is 5.96. The summed E-state index contributed by atoms with van der Waals surface area (Å²) < 4.78 is 5.44. The van der Waals surface area contributed by atoms with Crippen molar-refractivity contribution in [3.63, 3.8) is 0 Å². The molecule has 0 aliphatic rings. The minimum Gasteiger partial charge on any atom is -0.468 e. The van der Waals surface area contributed by atoms with Crippen LogP contribution in [0.3, 0.4) is 0 Å². The molecule has 1 heterocycles. The lowest BCUT2D eigenvalue weighted by atomic mass is 9.99. The van der Waals surface area contributed by atoms with Gasteiger partial charge in [-0.25, -0.2) is 0 Å². The second-order valence-electron chi connectivity index (χ2n) is 4.32. The van der Waals surface area contributed by atoms with Crippen molar-refractivity contribution < 1.29 is 4.42 Å². The van der Waals surface area contributed by atoms with Crippen LogP contribution >= 0.6 is 0 Å². The molecule has 1 rings (SSSR count). The highest BCUT2D eigenvalue weighted by Gasteiger charge is 2.17. The van der Waals surface area contributed by atoms with Crippen molar-refractivity contribution in [2.75, 3.05) is 0 Å². The van der Waals surface area contributed by atoms with Gasteiger partial charge in [-0.1, -0.05) is 27.2 Å². The van der Waals surface area contributed by atoms with Crippen LogP contribution in [0.15, 0.2) is 22.8 Å². The normalized spacial score (nSPS) is 17.3. The Bertz CT molecular complexity index is 256. The molecular formula is C13H23NO. The molecular weight excluding hydrogens is 186 g/mol. The van der Waals surface area contributed by atoms with Crippen LogP contribution in [0.1, 0.15) is 52.3 Å². The van der Waals surface area contributed by atoms with E-state index in [0.29, 0.717) is 18.0 Å². The summed E-state index contributed by atoms with van der Waals surface area (Å²) in [6, 6.07) is 4.88. The third-order valence-electron chi connectivity index (χ3n) is 3.26. The number of rotatable bonds is 6. The van der Waals surface area contributed by atoms with Crippen LogP contribution in [-0.4, -0.2) is 6.04 Å². The minimum absolute atomic E-state index is 0.351. The average molecular weight is 209 g/mol. The number of hydrogen-bond donors (Lipinski definition) is 1. The summed E-state index contributed by atoms with van der Waals surface area (Å²) in [6.45, 7) is 8.95. The molecule has 3 unspecified atom stereocenters. The molecule has 1 N–H and O–H groups in total. The maximum Gasteiger partial charge on any atom is 0.120 e. The molecule has 1 aromatic rings. The van der Waals surface area contributed by atoms with Crippen molar-refractivity contribution in [1.29, 1.82) is 0 Å². The van der Waals surface area contributed by atoms with Crippen LogP contribution in [0, 0.1) is 5.92 Å². The Morgan fingerprint density at radius 3 is 2.47 bits per heavy atom. The monoisotopic (exact) mass is 209 g/mol. The fourth-order valence-corrected chi connectivity index (χ4v) is 1.73. The van der Waals surface area contributed by atoms with Crippen molar-refractivity contribution in [1.82, 2.24) is 5.32 Å². The molecule has 0 bridgehead atoms. The molecule has 2 nitrogen and oxygen atoms in total. The van der Waals surface area contributed by atoms with Gasteiger partial charge >= 0.3 is 0 Å². The molecule has 0 radical (unpaired) electrons. The van der Waals surface area contributed by atoms with Gasteiger partial charge in [-0.2, -0.15) is 0 Å². The van der Waals surface area contributed by atoms with E-state index in [1.165, 1.54) is 6.42 Å². The van der Waals surface area contributed by atoms with Crippen molar-refractivity contribution in [2.24, 2.45) is 5.92 Å². The fourth-order valence-electron chi connectivity index (χ4n) is 1.73. The molecule has 15 heavy (non-hydrogen) atoms. The van der Waals surface area contributed by atoms with Gasteiger partial charge in [-0.15, -0.1) is 0 Å². The Kier molecular flexibility index (Phi) is 4.89. The number of hydrogen-bond acceptors (Lipinski definition) is 2. The van der Waals surface area contributed by atoms with Gasteiger partial charge in [0, 0.05) is 6.04 Å². The van der Waals surface area contributed by atoms with E-state index in [-0.39, 0.29) is 0 Å². The van der Waals surface area contributed by atoms with Crippen molar-refractivity contribution >= 4 is 0 Å². The molecule has 1 aromatic heterocycles. The van der Waals surface area contributed by atoms with Gasteiger partial charge in [0.05, 0.1) is 12.3 Å². The first kappa shape index (κ1) is 12.3. The first-order chi connectivity index (χ1) is 7.19. The molecule has 0 aliphatic carbocycles. The maximum absolute atomic E-state index is 5.44. The smallest absolute Gasteiger partial charge is 0.120 e. The fraction of sp³-hybridized carbons (Fsp3) is 0.692. The van der Waals surface area contributed by atoms with Gasteiger partial charge in [0.25, 0.3) is 0 Å². The van der Waals surface area contributed by atoms with Gasteiger partial charge < -0.3 is 9.73 Å². The molecule has 0 fully saturated rings. The highest BCUT2D eigenvalue weighted by atomic mass is 16.3. The summed E-state index contributed by atoms with van der Waals surface area (Å²) in [6.07, 6.45) is 4.02. The summed E-state index contributed by atoms with van der Waals surface area (Å²) in [5, 5.41) is 3.63. The lowest BCUT2D eigenvalue weighted by Gasteiger charge is -2.25. The van der Waals surface area contributed by atoms with E-state index < -0.39 is 0 Å². The molecule has 0 aliphatic heterocycles. The van der Waals surface area contributed by atoms with E-state index in [2.05, 4.69) is 33.0 Å². The molecule has 0 saturated carbocycles. The Labute approximate surface area is 93.1 Å². The van der Waals surface area contributed by atoms with E-state index in [1.54, 1.807) is 6.26 Å². The van der Waals surface area contributed by atoms with Crippen LogP contribution in [-0.2, 0) is 0 Å². The summed E-state index contributed by atoms with van der Waals surface area (Å²) in [4.78, 5) is 0. The van der Waals surface area contributed by atoms with E-state index >= 15 is 0 Å². The zero-order valence-electron chi connectivity index (χ0n) is 10.3. The topological polar surface area (TPSA) is 25.2 Å². The maximum atomic E-state index is 5.44. The quantitative estimate of drug-likeness (QED) is 0.771. The molecule has 2 heteroatoms. The van der Waals surface area contributed by atoms with E-state index in [9.17, 15) is 0 Å². The lowest BCUT2D eigenvalue weighted by Crippen LogP contribution is -2.34. The van der Waals surface area contributed by atoms with Crippen LogP contribution < -0.4 is 5.32 Å². The second-order valence-corrected chi connectivity index (χ2v) is 4.32. The van der Waals surface area contributed by atoms with Gasteiger partial charge in [0.15, 0.2) is 0 Å². The largest absolute Gasteiger partial charge is 0.468 e. The van der Waals surface area contributed by atoms with Gasteiger partial charge in [-0.05, 0) is 31.4 Å². The van der Waals surface area contributed by atoms with E-state index in [4.69, 9.17) is 4.42 Å². The Morgan fingerprint density at radius 2 is 2.00 bits per heavy atom. The van der Waals surface area contributed by atoms with Crippen LogP contribution in [0.2, 0.25) is 0 Å². The standard InChI is InChI=1S/C13H23NO/c1-5-10(3)11(4)14-12(6-2)13-8-7-9-15-13/h7-12,14H,5-6H2,1-4H3. The predicted octanol–water partition coefficient (Wildman–Crippen LogP) is 3.75. The van der Waals surface area contributed by atoms with Gasteiger partial charge in [0.1, 0.15) is 5.76 Å². The zero-order valence-corrected chi connectivity index (χ0v) is 10.3. The lowest BCUT2D eigenvalue weighted by molar-refractivity contribution is 0.316. The van der Waals surface area contributed by atoms with Crippen LogP contribution in [0.5, 0.6) is 0 Å². The molecule has 0 aromatic carbocycles. The summed E-state index contributed by atoms with van der Waals surface area (Å²) in [7, 11) is 0. The highest BCUT2D eigenvalue weighted by molar-refractivity contribution is 5.04. The van der Waals surface area contributed by atoms with Crippen LogP contribution in [0.25, 0.3) is 0 Å². The first-order valence-electron chi connectivity index (χ1n) is 5.98. The summed E-state index contributed by atoms with van der Waals surface area (Å²) in [5.41, 5.74) is 0. The summed E-state index contributed by atoms with van der Waals surface area (Å²) >= 11 is 0. The number of furan rings is 1.